The number of benzene rings is 2. The molecular formula is C21H23NO3. The van der Waals surface area contributed by atoms with Crippen molar-refractivity contribution in [2.75, 3.05) is 7.11 Å². The van der Waals surface area contributed by atoms with Crippen LogP contribution in [0, 0.1) is 5.92 Å². The first-order chi connectivity index (χ1) is 12.0. The Morgan fingerprint density at radius 2 is 1.80 bits per heavy atom. The molecule has 1 amide bonds. The van der Waals surface area contributed by atoms with Crippen molar-refractivity contribution >= 4 is 16.9 Å². The quantitative estimate of drug-likeness (QED) is 0.722. The maximum absolute atomic E-state index is 12.8. The molecule has 0 aliphatic rings. The van der Waals surface area contributed by atoms with Crippen LogP contribution >= 0.6 is 0 Å². The van der Waals surface area contributed by atoms with E-state index in [0.717, 1.165) is 16.5 Å². The summed E-state index contributed by atoms with van der Waals surface area (Å²) < 4.78 is 11.2. The van der Waals surface area contributed by atoms with E-state index in [4.69, 9.17) is 9.15 Å². The SMILES string of the molecule is COc1ccc2c(-c3ccccc3)c(C(=O)N[C@@H](C)C(C)C)oc2c1. The number of hydrogen-bond donors (Lipinski definition) is 1. The fourth-order valence-electron chi connectivity index (χ4n) is 2.69. The van der Waals surface area contributed by atoms with Gasteiger partial charge in [-0.05, 0) is 30.5 Å². The number of nitrogens with one attached hydrogen (secondary N) is 1. The van der Waals surface area contributed by atoms with E-state index in [1.54, 1.807) is 7.11 Å². The highest BCUT2D eigenvalue weighted by Crippen LogP contribution is 2.36. The van der Waals surface area contributed by atoms with Gasteiger partial charge in [0, 0.05) is 23.1 Å². The molecule has 25 heavy (non-hydrogen) atoms. The summed E-state index contributed by atoms with van der Waals surface area (Å²) in [6.07, 6.45) is 0. The monoisotopic (exact) mass is 337 g/mol. The second-order valence-corrected chi connectivity index (χ2v) is 6.54. The zero-order valence-corrected chi connectivity index (χ0v) is 15.0. The minimum atomic E-state index is -0.199. The van der Waals surface area contributed by atoms with E-state index >= 15 is 0 Å². The van der Waals surface area contributed by atoms with Crippen LogP contribution in [0.3, 0.4) is 0 Å². The van der Waals surface area contributed by atoms with Crippen LogP contribution in [0.1, 0.15) is 31.3 Å². The summed E-state index contributed by atoms with van der Waals surface area (Å²) in [7, 11) is 1.61. The Morgan fingerprint density at radius 3 is 2.44 bits per heavy atom. The van der Waals surface area contributed by atoms with Gasteiger partial charge in [0.1, 0.15) is 11.3 Å². The maximum Gasteiger partial charge on any atom is 0.287 e. The van der Waals surface area contributed by atoms with Gasteiger partial charge in [-0.25, -0.2) is 0 Å². The lowest BCUT2D eigenvalue weighted by molar-refractivity contribution is 0.0905. The van der Waals surface area contributed by atoms with Crippen LogP contribution < -0.4 is 10.1 Å². The Bertz CT molecular complexity index is 881. The van der Waals surface area contributed by atoms with Crippen molar-refractivity contribution in [3.63, 3.8) is 0 Å². The van der Waals surface area contributed by atoms with E-state index in [0.29, 0.717) is 23.0 Å². The zero-order chi connectivity index (χ0) is 18.0. The van der Waals surface area contributed by atoms with Gasteiger partial charge in [0.2, 0.25) is 5.76 Å². The van der Waals surface area contributed by atoms with Crippen molar-refractivity contribution in [3.8, 4) is 16.9 Å². The summed E-state index contributed by atoms with van der Waals surface area (Å²) in [6.45, 7) is 6.15. The van der Waals surface area contributed by atoms with Gasteiger partial charge in [-0.15, -0.1) is 0 Å². The van der Waals surface area contributed by atoms with E-state index in [2.05, 4.69) is 19.2 Å². The van der Waals surface area contributed by atoms with Crippen molar-refractivity contribution < 1.29 is 13.9 Å². The molecule has 3 aromatic rings. The number of furan rings is 1. The van der Waals surface area contributed by atoms with Gasteiger partial charge in [0.15, 0.2) is 0 Å². The zero-order valence-electron chi connectivity index (χ0n) is 15.0. The highest BCUT2D eigenvalue weighted by molar-refractivity contribution is 6.08. The van der Waals surface area contributed by atoms with Crippen LogP contribution in [0.4, 0.5) is 0 Å². The highest BCUT2D eigenvalue weighted by atomic mass is 16.5. The fraction of sp³-hybridized carbons (Fsp3) is 0.286. The molecule has 0 saturated carbocycles. The predicted molar refractivity (Wildman–Crippen MR) is 100.0 cm³/mol. The van der Waals surface area contributed by atoms with Gasteiger partial charge in [-0.3, -0.25) is 4.79 Å². The second-order valence-electron chi connectivity index (χ2n) is 6.54. The third-order valence-electron chi connectivity index (χ3n) is 4.52. The van der Waals surface area contributed by atoms with Crippen molar-refractivity contribution in [2.45, 2.75) is 26.8 Å². The molecule has 130 valence electrons. The van der Waals surface area contributed by atoms with Crippen LogP contribution in [-0.4, -0.2) is 19.1 Å². The van der Waals surface area contributed by atoms with E-state index in [1.165, 1.54) is 0 Å². The third kappa shape index (κ3) is 3.38. The molecule has 1 aromatic heterocycles. The fourth-order valence-corrected chi connectivity index (χ4v) is 2.69. The molecule has 4 nitrogen and oxygen atoms in total. The summed E-state index contributed by atoms with van der Waals surface area (Å²) in [4.78, 5) is 12.8. The first kappa shape index (κ1) is 17.1. The highest BCUT2D eigenvalue weighted by Gasteiger charge is 2.23. The molecular weight excluding hydrogens is 314 g/mol. The lowest BCUT2D eigenvalue weighted by Crippen LogP contribution is -2.36. The number of hydrogen-bond acceptors (Lipinski definition) is 3. The molecule has 3 rings (SSSR count). The lowest BCUT2D eigenvalue weighted by atomic mass is 10.0. The van der Waals surface area contributed by atoms with Crippen molar-refractivity contribution in [1.82, 2.24) is 5.32 Å². The molecule has 0 radical (unpaired) electrons. The van der Waals surface area contributed by atoms with Crippen LogP contribution in [0.25, 0.3) is 22.1 Å². The molecule has 0 aliphatic carbocycles. The predicted octanol–water partition coefficient (Wildman–Crippen LogP) is 4.88. The maximum atomic E-state index is 12.8. The minimum Gasteiger partial charge on any atom is -0.497 e. The molecule has 0 aliphatic heterocycles. The molecule has 0 saturated heterocycles. The number of fused-ring (bicyclic) bond motifs is 1. The van der Waals surface area contributed by atoms with Crippen molar-refractivity contribution in [1.29, 1.82) is 0 Å². The molecule has 1 N–H and O–H groups in total. The van der Waals surface area contributed by atoms with E-state index in [9.17, 15) is 4.79 Å². The Balaban J connectivity index is 2.14. The first-order valence-corrected chi connectivity index (χ1v) is 8.48. The molecule has 0 spiro atoms. The summed E-state index contributed by atoms with van der Waals surface area (Å²) in [6, 6.07) is 15.5. The van der Waals surface area contributed by atoms with E-state index in [1.807, 2.05) is 55.5 Å². The first-order valence-electron chi connectivity index (χ1n) is 8.48. The summed E-state index contributed by atoms with van der Waals surface area (Å²) in [5, 5.41) is 3.93. The van der Waals surface area contributed by atoms with Gasteiger partial charge in [0.25, 0.3) is 5.91 Å². The third-order valence-corrected chi connectivity index (χ3v) is 4.52. The Labute approximate surface area is 147 Å². The van der Waals surface area contributed by atoms with Crippen molar-refractivity contribution in [3.05, 3.63) is 54.3 Å². The summed E-state index contributed by atoms with van der Waals surface area (Å²) in [5.41, 5.74) is 2.40. The van der Waals surface area contributed by atoms with Gasteiger partial charge in [0.05, 0.1) is 7.11 Å². The van der Waals surface area contributed by atoms with Crippen LogP contribution in [0.15, 0.2) is 52.9 Å². The normalized spacial score (nSPS) is 12.4. The van der Waals surface area contributed by atoms with Gasteiger partial charge < -0.3 is 14.5 Å². The molecule has 1 heterocycles. The lowest BCUT2D eigenvalue weighted by Gasteiger charge is -2.17. The number of carbonyl (C=O) groups excluding carboxylic acids is 1. The average molecular weight is 337 g/mol. The van der Waals surface area contributed by atoms with Crippen LogP contribution in [0.2, 0.25) is 0 Å². The molecule has 1 atom stereocenters. The Morgan fingerprint density at radius 1 is 1.08 bits per heavy atom. The van der Waals surface area contributed by atoms with Crippen molar-refractivity contribution in [2.24, 2.45) is 5.92 Å². The largest absolute Gasteiger partial charge is 0.497 e. The van der Waals surface area contributed by atoms with E-state index in [-0.39, 0.29) is 11.9 Å². The second kappa shape index (κ2) is 7.01. The van der Waals surface area contributed by atoms with E-state index < -0.39 is 0 Å². The smallest absolute Gasteiger partial charge is 0.287 e. The number of rotatable bonds is 5. The standard InChI is InChI=1S/C21H23NO3/c1-13(2)14(3)22-21(23)20-19(15-8-6-5-7-9-15)17-11-10-16(24-4)12-18(17)25-20/h5-14H,1-4H3,(H,22,23)/t14-/m0/s1. The van der Waals surface area contributed by atoms with Gasteiger partial charge >= 0.3 is 0 Å². The van der Waals surface area contributed by atoms with Crippen LogP contribution in [0.5, 0.6) is 5.75 Å². The number of ether oxygens (including phenoxy) is 1. The molecule has 0 bridgehead atoms. The van der Waals surface area contributed by atoms with Gasteiger partial charge in [-0.2, -0.15) is 0 Å². The van der Waals surface area contributed by atoms with Gasteiger partial charge in [-0.1, -0.05) is 44.2 Å². The number of methoxy groups -OCH3 is 1. The van der Waals surface area contributed by atoms with Crippen LogP contribution in [-0.2, 0) is 0 Å². The molecule has 2 aromatic carbocycles. The number of amides is 1. The molecule has 0 fully saturated rings. The Kier molecular flexibility index (Phi) is 4.79. The average Bonchev–Trinajstić information content (AvgIpc) is 3.00. The Hall–Kier alpha value is -2.75. The topological polar surface area (TPSA) is 51.5 Å². The molecule has 0 unspecified atom stereocenters. The minimum absolute atomic E-state index is 0.0545. The summed E-state index contributed by atoms with van der Waals surface area (Å²) >= 11 is 0. The number of carbonyl (C=O) groups is 1. The summed E-state index contributed by atoms with van der Waals surface area (Å²) in [5.74, 6) is 1.18. The molecule has 4 heteroatoms.